The minimum Gasteiger partial charge on any atom is -0.368 e. The fourth-order valence-corrected chi connectivity index (χ4v) is 1.91. The van der Waals surface area contributed by atoms with E-state index in [-0.39, 0.29) is 35.6 Å². The molecule has 0 fully saturated rings. The number of hydrazine groups is 1. The van der Waals surface area contributed by atoms with Gasteiger partial charge in [0, 0.05) is 6.54 Å². The Labute approximate surface area is 121 Å². The minimum absolute atomic E-state index is 0.0213. The molecule has 1 aromatic rings. The molecule has 0 unspecified atom stereocenters. The molecule has 0 aromatic carbocycles. The van der Waals surface area contributed by atoms with Gasteiger partial charge in [0.05, 0.1) is 11.5 Å². The smallest absolute Gasteiger partial charge is 0.332 e. The molecule has 0 aliphatic heterocycles. The van der Waals surface area contributed by atoms with Crippen molar-refractivity contribution in [3.8, 4) is 0 Å². The summed E-state index contributed by atoms with van der Waals surface area (Å²) in [5.41, 5.74) is 7.34. The van der Waals surface area contributed by atoms with Crippen molar-refractivity contribution in [1.82, 2.24) is 9.97 Å². The van der Waals surface area contributed by atoms with Crippen molar-refractivity contribution in [2.45, 2.75) is 20.8 Å². The third-order valence-corrected chi connectivity index (χ3v) is 2.58. The molecule has 10 nitrogen and oxygen atoms in total. The molecular formula is C11H19N7O3. The van der Waals surface area contributed by atoms with Gasteiger partial charge in [0.1, 0.15) is 5.69 Å². The Morgan fingerprint density at radius 2 is 2.10 bits per heavy atom. The highest BCUT2D eigenvalue weighted by Crippen LogP contribution is 2.30. The molecule has 0 saturated heterocycles. The van der Waals surface area contributed by atoms with E-state index in [0.29, 0.717) is 6.54 Å². The average molecular weight is 297 g/mol. The number of carbonyl (C=O) groups excluding carboxylic acids is 1. The van der Waals surface area contributed by atoms with Crippen molar-refractivity contribution < 1.29 is 9.72 Å². The number of anilines is 2. The van der Waals surface area contributed by atoms with Crippen molar-refractivity contribution in [2.75, 3.05) is 23.4 Å². The fraction of sp³-hybridized carbons (Fsp3) is 0.545. The highest BCUT2D eigenvalue weighted by atomic mass is 16.6. The van der Waals surface area contributed by atoms with Gasteiger partial charge in [-0.05, 0) is 12.8 Å². The third-order valence-electron chi connectivity index (χ3n) is 2.58. The summed E-state index contributed by atoms with van der Waals surface area (Å²) < 4.78 is 0. The van der Waals surface area contributed by atoms with Gasteiger partial charge in [0.15, 0.2) is 0 Å². The normalized spacial score (nSPS) is 10.5. The number of nitro groups is 1. The molecule has 116 valence electrons. The Balaban J connectivity index is 3.41. The molecule has 0 bridgehead atoms. The Hall–Kier alpha value is -2.49. The summed E-state index contributed by atoms with van der Waals surface area (Å²) in [6.45, 7) is 5.50. The Morgan fingerprint density at radius 3 is 2.52 bits per heavy atom. The van der Waals surface area contributed by atoms with Crippen LogP contribution < -0.4 is 21.9 Å². The van der Waals surface area contributed by atoms with Crippen LogP contribution in [0.15, 0.2) is 0 Å². The van der Waals surface area contributed by atoms with Gasteiger partial charge < -0.3 is 10.6 Å². The van der Waals surface area contributed by atoms with Crippen LogP contribution in [-0.4, -0.2) is 33.9 Å². The van der Waals surface area contributed by atoms with E-state index in [9.17, 15) is 14.9 Å². The van der Waals surface area contributed by atoms with Gasteiger partial charge in [-0.2, -0.15) is 4.98 Å². The van der Waals surface area contributed by atoms with Crippen LogP contribution in [-0.2, 0) is 4.79 Å². The second-order valence-electron chi connectivity index (χ2n) is 4.95. The standard InChI is InChI=1S/C11H19N7O3/c1-6(2)4-17(5-8(12)19)10-9(18(20)21)7(3)14-11(15-10)16-13/h6H,4-5,13H2,1-3H3,(H2,12,19)(H,14,15,16). The van der Waals surface area contributed by atoms with Gasteiger partial charge in [-0.3, -0.25) is 20.3 Å². The van der Waals surface area contributed by atoms with E-state index in [1.54, 1.807) is 0 Å². The molecule has 0 atom stereocenters. The van der Waals surface area contributed by atoms with Gasteiger partial charge >= 0.3 is 5.69 Å². The minimum atomic E-state index is -0.608. The van der Waals surface area contributed by atoms with Crippen molar-refractivity contribution >= 4 is 23.4 Å². The van der Waals surface area contributed by atoms with Crippen LogP contribution in [0, 0.1) is 23.0 Å². The number of nitrogens with two attached hydrogens (primary N) is 2. The largest absolute Gasteiger partial charge is 0.368 e. The summed E-state index contributed by atoms with van der Waals surface area (Å²) in [6.07, 6.45) is 0. The first-order valence-corrected chi connectivity index (χ1v) is 6.29. The zero-order valence-electron chi connectivity index (χ0n) is 12.2. The van der Waals surface area contributed by atoms with Gasteiger partial charge in [-0.1, -0.05) is 13.8 Å². The number of aromatic nitrogens is 2. The highest BCUT2D eigenvalue weighted by molar-refractivity contribution is 5.80. The summed E-state index contributed by atoms with van der Waals surface area (Å²) >= 11 is 0. The molecule has 5 N–H and O–H groups in total. The van der Waals surface area contributed by atoms with Crippen molar-refractivity contribution in [1.29, 1.82) is 0 Å². The van der Waals surface area contributed by atoms with Crippen LogP contribution in [0.1, 0.15) is 19.5 Å². The second-order valence-corrected chi connectivity index (χ2v) is 4.95. The quantitative estimate of drug-likeness (QED) is 0.359. The number of aryl methyl sites for hydroxylation is 1. The monoisotopic (exact) mass is 297 g/mol. The summed E-state index contributed by atoms with van der Waals surface area (Å²) in [4.78, 5) is 31.2. The zero-order valence-corrected chi connectivity index (χ0v) is 12.2. The highest BCUT2D eigenvalue weighted by Gasteiger charge is 2.27. The van der Waals surface area contributed by atoms with Crippen LogP contribution in [0.25, 0.3) is 0 Å². The van der Waals surface area contributed by atoms with Crippen LogP contribution in [0.3, 0.4) is 0 Å². The first kappa shape index (κ1) is 16.6. The lowest BCUT2D eigenvalue weighted by Crippen LogP contribution is -2.37. The predicted molar refractivity (Wildman–Crippen MR) is 77.5 cm³/mol. The summed E-state index contributed by atoms with van der Waals surface area (Å²) in [7, 11) is 0. The topological polar surface area (TPSA) is 153 Å². The average Bonchev–Trinajstić information content (AvgIpc) is 2.35. The van der Waals surface area contributed by atoms with E-state index in [1.165, 1.54) is 11.8 Å². The van der Waals surface area contributed by atoms with Crippen LogP contribution in [0.4, 0.5) is 17.5 Å². The molecular weight excluding hydrogens is 278 g/mol. The van der Waals surface area contributed by atoms with E-state index >= 15 is 0 Å². The Morgan fingerprint density at radius 1 is 1.48 bits per heavy atom. The predicted octanol–water partition coefficient (Wildman–Crippen LogP) is -0.0735. The fourth-order valence-electron chi connectivity index (χ4n) is 1.91. The molecule has 0 saturated carbocycles. The first-order chi connectivity index (χ1) is 9.76. The third kappa shape index (κ3) is 4.24. The molecule has 1 amide bonds. The van der Waals surface area contributed by atoms with E-state index < -0.39 is 10.8 Å². The number of rotatable bonds is 7. The lowest BCUT2D eigenvalue weighted by Gasteiger charge is -2.24. The maximum Gasteiger partial charge on any atom is 0.332 e. The van der Waals surface area contributed by atoms with Gasteiger partial charge in [-0.15, -0.1) is 0 Å². The Bertz CT molecular complexity index is 547. The number of primary amides is 1. The zero-order chi connectivity index (χ0) is 16.2. The lowest BCUT2D eigenvalue weighted by atomic mass is 10.2. The summed E-state index contributed by atoms with van der Waals surface area (Å²) in [5.74, 6) is 4.86. The van der Waals surface area contributed by atoms with Crippen LogP contribution in [0.2, 0.25) is 0 Å². The van der Waals surface area contributed by atoms with E-state index in [1.807, 2.05) is 13.8 Å². The molecule has 1 aromatic heterocycles. The van der Waals surface area contributed by atoms with Crippen LogP contribution >= 0.6 is 0 Å². The van der Waals surface area contributed by atoms with Gasteiger partial charge in [-0.25, -0.2) is 10.8 Å². The molecule has 10 heteroatoms. The van der Waals surface area contributed by atoms with Crippen molar-refractivity contribution in [3.05, 3.63) is 15.8 Å². The molecule has 21 heavy (non-hydrogen) atoms. The number of nitrogen functional groups attached to an aromatic ring is 1. The lowest BCUT2D eigenvalue weighted by molar-refractivity contribution is -0.385. The van der Waals surface area contributed by atoms with Gasteiger partial charge in [0.25, 0.3) is 0 Å². The molecule has 0 aliphatic rings. The molecule has 0 aliphatic carbocycles. The molecule has 0 radical (unpaired) electrons. The van der Waals surface area contributed by atoms with E-state index in [4.69, 9.17) is 11.6 Å². The van der Waals surface area contributed by atoms with Crippen molar-refractivity contribution in [2.24, 2.45) is 17.5 Å². The van der Waals surface area contributed by atoms with E-state index in [0.717, 1.165) is 0 Å². The van der Waals surface area contributed by atoms with Gasteiger partial charge in [0.2, 0.25) is 17.7 Å². The number of nitrogens with zero attached hydrogens (tertiary/aromatic N) is 4. The summed E-state index contributed by atoms with van der Waals surface area (Å²) in [6, 6.07) is 0. The van der Waals surface area contributed by atoms with E-state index in [2.05, 4.69) is 15.4 Å². The number of carbonyl (C=O) groups is 1. The molecule has 1 heterocycles. The Kier molecular flexibility index (Phi) is 5.36. The molecule has 1 rings (SSSR count). The number of nitrogens with one attached hydrogen (secondary N) is 1. The van der Waals surface area contributed by atoms with Crippen molar-refractivity contribution in [3.63, 3.8) is 0 Å². The SMILES string of the molecule is Cc1nc(NN)nc(N(CC(N)=O)CC(C)C)c1[N+](=O)[O-]. The maximum absolute atomic E-state index is 11.2. The number of hydrogen-bond donors (Lipinski definition) is 3. The number of amides is 1. The maximum atomic E-state index is 11.2. The number of hydrogen-bond acceptors (Lipinski definition) is 8. The first-order valence-electron chi connectivity index (χ1n) is 6.29. The molecule has 0 spiro atoms. The summed E-state index contributed by atoms with van der Waals surface area (Å²) in [5, 5.41) is 11.2. The second kappa shape index (κ2) is 6.79. The van der Waals surface area contributed by atoms with Crippen LogP contribution in [0.5, 0.6) is 0 Å².